The zero-order valence-corrected chi connectivity index (χ0v) is 15.7. The topological polar surface area (TPSA) is 68.2 Å². The molecule has 2 saturated carbocycles. The van der Waals surface area contributed by atoms with Crippen LogP contribution in [0.5, 0.6) is 0 Å². The third-order valence-electron chi connectivity index (χ3n) is 9.36. The van der Waals surface area contributed by atoms with Crippen molar-refractivity contribution in [3.63, 3.8) is 0 Å². The van der Waals surface area contributed by atoms with Crippen molar-refractivity contribution >= 4 is 0 Å². The molecule has 144 valence electrons. The first-order valence-corrected chi connectivity index (χ1v) is 10.4. The SMILES string of the molecule is CC12CCC(O)CC1=CCC1C2CCC2(C)C3C4COC3OC12C(O)O4. The van der Waals surface area contributed by atoms with Gasteiger partial charge < -0.3 is 24.4 Å². The molecule has 3 saturated heterocycles. The van der Waals surface area contributed by atoms with E-state index >= 15 is 0 Å². The standard InChI is InChI=1S/C21H30O5/c1-19-7-5-12(22)9-11(19)3-4-14-13(19)6-8-20(2)16-15-10-24-17(16)26-21(14,20)18(23)25-15/h3,12-18,22-23H,4-10H2,1-2H3. The molecule has 6 aliphatic rings. The normalized spacial score (nSPS) is 62.9. The van der Waals surface area contributed by atoms with E-state index in [1.165, 1.54) is 12.0 Å². The van der Waals surface area contributed by atoms with Gasteiger partial charge in [0.1, 0.15) is 5.60 Å². The molecule has 3 heterocycles. The average molecular weight is 362 g/mol. The maximum absolute atomic E-state index is 11.2. The van der Waals surface area contributed by atoms with Gasteiger partial charge in [0.25, 0.3) is 0 Å². The first-order valence-electron chi connectivity index (χ1n) is 10.4. The summed E-state index contributed by atoms with van der Waals surface area (Å²) in [5, 5.41) is 21.3. The highest BCUT2D eigenvalue weighted by molar-refractivity contribution is 5.30. The van der Waals surface area contributed by atoms with Crippen molar-refractivity contribution in [3.05, 3.63) is 11.6 Å². The molecule has 0 aromatic carbocycles. The van der Waals surface area contributed by atoms with Crippen LogP contribution >= 0.6 is 0 Å². The van der Waals surface area contributed by atoms with Crippen LogP contribution in [0.25, 0.3) is 0 Å². The fourth-order valence-electron chi connectivity index (χ4n) is 8.05. The van der Waals surface area contributed by atoms with E-state index in [2.05, 4.69) is 19.9 Å². The van der Waals surface area contributed by atoms with Gasteiger partial charge in [0.15, 0.2) is 12.6 Å². The zero-order chi connectivity index (χ0) is 17.9. The molecule has 5 heteroatoms. The lowest BCUT2D eigenvalue weighted by molar-refractivity contribution is -0.349. The highest BCUT2D eigenvalue weighted by atomic mass is 16.8. The van der Waals surface area contributed by atoms with E-state index in [1.807, 2.05) is 0 Å². The fraction of sp³-hybridized carbons (Fsp3) is 0.905. The van der Waals surface area contributed by atoms with E-state index in [0.29, 0.717) is 12.5 Å². The van der Waals surface area contributed by atoms with Crippen molar-refractivity contribution in [2.75, 3.05) is 6.61 Å². The summed E-state index contributed by atoms with van der Waals surface area (Å²) in [6.45, 7) is 5.23. The van der Waals surface area contributed by atoms with E-state index in [4.69, 9.17) is 14.2 Å². The van der Waals surface area contributed by atoms with Crippen LogP contribution in [0.4, 0.5) is 0 Å². The number of ether oxygens (including phenoxy) is 3. The summed E-state index contributed by atoms with van der Waals surface area (Å²) in [6.07, 6.45) is 6.84. The molecule has 5 fully saturated rings. The molecule has 0 aromatic rings. The first-order chi connectivity index (χ1) is 12.4. The van der Waals surface area contributed by atoms with Gasteiger partial charge in [-0.2, -0.15) is 0 Å². The van der Waals surface area contributed by atoms with Crippen molar-refractivity contribution in [2.45, 2.75) is 82.8 Å². The molecule has 3 aliphatic heterocycles. The molecular weight excluding hydrogens is 332 g/mol. The van der Waals surface area contributed by atoms with Crippen LogP contribution < -0.4 is 0 Å². The van der Waals surface area contributed by atoms with Gasteiger partial charge in [-0.3, -0.25) is 0 Å². The number of aliphatic hydroxyl groups excluding tert-OH is 2. The minimum atomic E-state index is -0.872. The third-order valence-corrected chi connectivity index (χ3v) is 9.36. The number of hydrogen-bond acceptors (Lipinski definition) is 5. The molecule has 6 rings (SSSR count). The minimum absolute atomic E-state index is 0.0396. The van der Waals surface area contributed by atoms with E-state index < -0.39 is 11.9 Å². The second kappa shape index (κ2) is 4.93. The summed E-state index contributed by atoms with van der Waals surface area (Å²) in [4.78, 5) is 0. The predicted octanol–water partition coefficient (Wildman–Crippen LogP) is 2.36. The zero-order valence-electron chi connectivity index (χ0n) is 15.7. The third kappa shape index (κ3) is 1.63. The van der Waals surface area contributed by atoms with Gasteiger partial charge in [0.05, 0.1) is 18.8 Å². The average Bonchev–Trinajstić information content (AvgIpc) is 3.07. The largest absolute Gasteiger partial charge is 0.393 e. The highest BCUT2D eigenvalue weighted by Gasteiger charge is 2.78. The maximum Gasteiger partial charge on any atom is 0.185 e. The number of rotatable bonds is 0. The summed E-state index contributed by atoms with van der Waals surface area (Å²) in [7, 11) is 0. The van der Waals surface area contributed by atoms with Crippen LogP contribution in [0, 0.1) is 28.6 Å². The Hall–Kier alpha value is -0.460. The van der Waals surface area contributed by atoms with Crippen molar-refractivity contribution in [2.24, 2.45) is 28.6 Å². The minimum Gasteiger partial charge on any atom is -0.393 e. The van der Waals surface area contributed by atoms with Crippen LogP contribution in [-0.2, 0) is 14.2 Å². The quantitative estimate of drug-likeness (QED) is 0.648. The van der Waals surface area contributed by atoms with Gasteiger partial charge in [0, 0.05) is 17.3 Å². The molecule has 0 spiro atoms. The molecule has 0 radical (unpaired) electrons. The number of hydrogen-bond donors (Lipinski definition) is 2. The molecule has 0 aromatic heterocycles. The van der Waals surface area contributed by atoms with Crippen molar-refractivity contribution in [1.29, 1.82) is 0 Å². The van der Waals surface area contributed by atoms with Crippen molar-refractivity contribution in [3.8, 4) is 0 Å². The Balaban J connectivity index is 1.47. The van der Waals surface area contributed by atoms with Crippen LogP contribution in [-0.4, -0.2) is 47.2 Å². The molecule has 10 atom stereocenters. The molecular formula is C21H30O5. The summed E-state index contributed by atoms with van der Waals surface area (Å²) in [5.41, 5.74) is 0.782. The molecule has 5 nitrogen and oxygen atoms in total. The Morgan fingerprint density at radius 2 is 1.96 bits per heavy atom. The van der Waals surface area contributed by atoms with Gasteiger partial charge in [-0.25, -0.2) is 0 Å². The summed E-state index contributed by atoms with van der Waals surface area (Å²) in [6, 6.07) is 0. The Labute approximate surface area is 154 Å². The molecule has 2 bridgehead atoms. The van der Waals surface area contributed by atoms with Crippen molar-refractivity contribution in [1.82, 2.24) is 0 Å². The van der Waals surface area contributed by atoms with Gasteiger partial charge in [-0.1, -0.05) is 25.5 Å². The summed E-state index contributed by atoms with van der Waals surface area (Å²) >= 11 is 0. The number of allylic oxidation sites excluding steroid dienone is 1. The number of aliphatic hydroxyl groups is 2. The first kappa shape index (κ1) is 16.5. The molecule has 0 amide bonds. The molecule has 10 unspecified atom stereocenters. The van der Waals surface area contributed by atoms with E-state index in [1.54, 1.807) is 0 Å². The molecule has 3 aliphatic carbocycles. The van der Waals surface area contributed by atoms with Crippen molar-refractivity contribution < 1.29 is 24.4 Å². The van der Waals surface area contributed by atoms with Gasteiger partial charge in [-0.05, 0) is 49.9 Å². The Morgan fingerprint density at radius 1 is 1.12 bits per heavy atom. The summed E-state index contributed by atoms with van der Waals surface area (Å²) in [5.74, 6) is 0.949. The second-order valence-corrected chi connectivity index (χ2v) is 10.1. The number of fused-ring (bicyclic) bond motifs is 3. The molecule has 26 heavy (non-hydrogen) atoms. The lowest BCUT2D eigenvalue weighted by atomic mass is 9.44. The maximum atomic E-state index is 11.2. The van der Waals surface area contributed by atoms with Gasteiger partial charge in [-0.15, -0.1) is 0 Å². The predicted molar refractivity (Wildman–Crippen MR) is 92.9 cm³/mol. The van der Waals surface area contributed by atoms with E-state index in [0.717, 1.165) is 32.1 Å². The van der Waals surface area contributed by atoms with E-state index in [-0.39, 0.29) is 41.2 Å². The van der Waals surface area contributed by atoms with Crippen LogP contribution in [0.15, 0.2) is 11.6 Å². The Kier molecular flexibility index (Phi) is 3.12. The van der Waals surface area contributed by atoms with E-state index in [9.17, 15) is 10.2 Å². The van der Waals surface area contributed by atoms with Gasteiger partial charge in [0.2, 0.25) is 0 Å². The summed E-state index contributed by atoms with van der Waals surface area (Å²) < 4.78 is 18.6. The lowest BCUT2D eigenvalue weighted by Gasteiger charge is -2.64. The van der Waals surface area contributed by atoms with Gasteiger partial charge >= 0.3 is 0 Å². The smallest absolute Gasteiger partial charge is 0.185 e. The monoisotopic (exact) mass is 362 g/mol. The van der Waals surface area contributed by atoms with Crippen LogP contribution in [0.2, 0.25) is 0 Å². The van der Waals surface area contributed by atoms with Crippen LogP contribution in [0.1, 0.15) is 52.4 Å². The Bertz CT molecular complexity index is 677. The second-order valence-electron chi connectivity index (χ2n) is 10.1. The Morgan fingerprint density at radius 3 is 2.81 bits per heavy atom. The highest BCUT2D eigenvalue weighted by Crippen LogP contribution is 2.72. The van der Waals surface area contributed by atoms with Crippen LogP contribution in [0.3, 0.4) is 0 Å². The lowest BCUT2D eigenvalue weighted by Crippen LogP contribution is -2.70. The molecule has 2 N–H and O–H groups in total. The fourth-order valence-corrected chi connectivity index (χ4v) is 8.05.